The summed E-state index contributed by atoms with van der Waals surface area (Å²) in [5, 5.41) is 0. The average molecular weight is 361 g/mol. The molecule has 0 aromatic heterocycles. The molecule has 0 aliphatic carbocycles. The first kappa shape index (κ1) is 15.9. The van der Waals surface area contributed by atoms with Crippen LogP contribution < -0.4 is 5.73 Å². The van der Waals surface area contributed by atoms with Crippen LogP contribution in [0.2, 0.25) is 0 Å². The topological polar surface area (TPSA) is 63.4 Å². The number of nitrogens with two attached hydrogens (primary N) is 1. The van der Waals surface area contributed by atoms with Crippen LogP contribution in [0.4, 0.5) is 0 Å². The van der Waals surface area contributed by atoms with Gasteiger partial charge in [-0.05, 0) is 55.5 Å². The number of aryl methyl sites for hydroxylation is 2. The Labute approximate surface area is 129 Å². The molecular weight excluding hydrogens is 340 g/mol. The Morgan fingerprint density at radius 3 is 2.35 bits per heavy atom. The normalized spacial score (nSPS) is 24.2. The lowest BCUT2D eigenvalue weighted by molar-refractivity contribution is 0.349. The molecule has 1 saturated heterocycles. The summed E-state index contributed by atoms with van der Waals surface area (Å²) in [6.07, 6.45) is 0.817. The van der Waals surface area contributed by atoms with Gasteiger partial charge in [0.25, 0.3) is 0 Å². The Morgan fingerprint density at radius 2 is 1.90 bits per heavy atom. The molecule has 1 aliphatic heterocycles. The summed E-state index contributed by atoms with van der Waals surface area (Å²) in [5.41, 5.74) is 7.21. The standard InChI is InChI=1S/C14H21BrN2O2S/c1-10-6-12(15)7-11(2)13(10)20(18,19)17-5-4-14(3,8-16)9-17/h6-7H,4-5,8-9,16H2,1-3H3. The number of hydrogen-bond acceptors (Lipinski definition) is 3. The zero-order valence-electron chi connectivity index (χ0n) is 12.1. The smallest absolute Gasteiger partial charge is 0.243 e. The lowest BCUT2D eigenvalue weighted by atomic mass is 9.90. The van der Waals surface area contributed by atoms with Crippen LogP contribution in [0.1, 0.15) is 24.5 Å². The Kier molecular flexibility index (Phi) is 4.31. The fraction of sp³-hybridized carbons (Fsp3) is 0.571. The van der Waals surface area contributed by atoms with Crippen LogP contribution in [0.25, 0.3) is 0 Å². The molecule has 1 fully saturated rings. The fourth-order valence-corrected chi connectivity index (χ4v) is 5.47. The maximum Gasteiger partial charge on any atom is 0.243 e. The van der Waals surface area contributed by atoms with Gasteiger partial charge in [0, 0.05) is 17.6 Å². The quantitative estimate of drug-likeness (QED) is 0.899. The van der Waals surface area contributed by atoms with Gasteiger partial charge in [-0.3, -0.25) is 0 Å². The lowest BCUT2D eigenvalue weighted by Crippen LogP contribution is -2.35. The lowest BCUT2D eigenvalue weighted by Gasteiger charge is -2.23. The van der Waals surface area contributed by atoms with Crippen LogP contribution >= 0.6 is 15.9 Å². The van der Waals surface area contributed by atoms with E-state index in [1.807, 2.05) is 32.9 Å². The summed E-state index contributed by atoms with van der Waals surface area (Å²) in [6, 6.07) is 3.69. The van der Waals surface area contributed by atoms with Gasteiger partial charge in [0.2, 0.25) is 10.0 Å². The van der Waals surface area contributed by atoms with Gasteiger partial charge in [-0.25, -0.2) is 8.42 Å². The van der Waals surface area contributed by atoms with Crippen molar-refractivity contribution in [1.29, 1.82) is 0 Å². The Hall–Kier alpha value is -0.430. The number of hydrogen-bond donors (Lipinski definition) is 1. The maximum atomic E-state index is 12.9. The predicted octanol–water partition coefficient (Wildman–Crippen LogP) is 2.43. The molecule has 1 unspecified atom stereocenters. The minimum Gasteiger partial charge on any atom is -0.330 e. The number of halogens is 1. The first-order valence-corrected chi connectivity index (χ1v) is 8.90. The van der Waals surface area contributed by atoms with Crippen LogP contribution in [0.3, 0.4) is 0 Å². The van der Waals surface area contributed by atoms with Gasteiger partial charge < -0.3 is 5.73 Å². The molecule has 0 amide bonds. The van der Waals surface area contributed by atoms with Gasteiger partial charge in [-0.1, -0.05) is 22.9 Å². The molecular formula is C14H21BrN2O2S. The highest BCUT2D eigenvalue weighted by atomic mass is 79.9. The second-order valence-electron chi connectivity index (χ2n) is 5.97. The molecule has 2 rings (SSSR count). The summed E-state index contributed by atoms with van der Waals surface area (Å²) >= 11 is 3.40. The van der Waals surface area contributed by atoms with E-state index in [2.05, 4.69) is 15.9 Å². The van der Waals surface area contributed by atoms with Gasteiger partial charge in [0.15, 0.2) is 0 Å². The summed E-state index contributed by atoms with van der Waals surface area (Å²) in [5.74, 6) is 0. The molecule has 1 aromatic carbocycles. The Bertz CT molecular complexity index is 607. The van der Waals surface area contributed by atoms with Gasteiger partial charge in [0.1, 0.15) is 0 Å². The molecule has 112 valence electrons. The zero-order chi connectivity index (χ0) is 15.1. The molecule has 1 atom stereocenters. The van der Waals surface area contributed by atoms with Crippen molar-refractivity contribution >= 4 is 26.0 Å². The van der Waals surface area contributed by atoms with Gasteiger partial charge in [0.05, 0.1) is 4.90 Å². The first-order valence-electron chi connectivity index (χ1n) is 6.67. The monoisotopic (exact) mass is 360 g/mol. The van der Waals surface area contributed by atoms with Crippen molar-refractivity contribution in [2.75, 3.05) is 19.6 Å². The Balaban J connectivity index is 2.43. The Morgan fingerprint density at radius 1 is 1.35 bits per heavy atom. The third-order valence-corrected chi connectivity index (χ3v) is 6.65. The van der Waals surface area contributed by atoms with E-state index in [-0.39, 0.29) is 5.41 Å². The highest BCUT2D eigenvalue weighted by Crippen LogP contribution is 2.35. The number of benzene rings is 1. The van der Waals surface area contributed by atoms with E-state index in [0.717, 1.165) is 22.0 Å². The zero-order valence-corrected chi connectivity index (χ0v) is 14.5. The van der Waals surface area contributed by atoms with Gasteiger partial charge in [-0.15, -0.1) is 0 Å². The first-order chi connectivity index (χ1) is 9.19. The second kappa shape index (κ2) is 5.40. The van der Waals surface area contributed by atoms with Gasteiger partial charge >= 0.3 is 0 Å². The summed E-state index contributed by atoms with van der Waals surface area (Å²) in [7, 11) is -3.44. The minimum absolute atomic E-state index is 0.107. The molecule has 0 bridgehead atoms. The average Bonchev–Trinajstić information content (AvgIpc) is 2.71. The molecule has 0 radical (unpaired) electrons. The van der Waals surface area contributed by atoms with E-state index in [1.165, 1.54) is 0 Å². The number of sulfonamides is 1. The van der Waals surface area contributed by atoms with Crippen molar-refractivity contribution < 1.29 is 8.42 Å². The van der Waals surface area contributed by atoms with Crippen LogP contribution in [-0.2, 0) is 10.0 Å². The third-order valence-electron chi connectivity index (χ3n) is 4.04. The van der Waals surface area contributed by atoms with Crippen LogP contribution in [-0.4, -0.2) is 32.4 Å². The van der Waals surface area contributed by atoms with Crippen molar-refractivity contribution in [2.24, 2.45) is 11.1 Å². The van der Waals surface area contributed by atoms with Crippen molar-refractivity contribution in [3.63, 3.8) is 0 Å². The van der Waals surface area contributed by atoms with E-state index in [4.69, 9.17) is 5.73 Å². The van der Waals surface area contributed by atoms with E-state index in [9.17, 15) is 8.42 Å². The molecule has 0 spiro atoms. The van der Waals surface area contributed by atoms with Crippen LogP contribution in [0.15, 0.2) is 21.5 Å². The van der Waals surface area contributed by atoms with E-state index in [1.54, 1.807) is 4.31 Å². The van der Waals surface area contributed by atoms with Crippen molar-refractivity contribution in [3.8, 4) is 0 Å². The summed E-state index contributed by atoms with van der Waals surface area (Å²) in [4.78, 5) is 0.432. The molecule has 4 nitrogen and oxygen atoms in total. The molecule has 0 saturated carbocycles. The molecule has 1 aliphatic rings. The van der Waals surface area contributed by atoms with Gasteiger partial charge in [-0.2, -0.15) is 4.31 Å². The van der Waals surface area contributed by atoms with Crippen LogP contribution in [0.5, 0.6) is 0 Å². The minimum atomic E-state index is -3.44. The number of rotatable bonds is 3. The fourth-order valence-electron chi connectivity index (χ4n) is 2.78. The second-order valence-corrected chi connectivity index (χ2v) is 8.76. The predicted molar refractivity (Wildman–Crippen MR) is 84.2 cm³/mol. The van der Waals surface area contributed by atoms with E-state index in [0.29, 0.717) is 24.5 Å². The SMILES string of the molecule is Cc1cc(Br)cc(C)c1S(=O)(=O)N1CCC(C)(CN)C1. The maximum absolute atomic E-state index is 12.9. The van der Waals surface area contributed by atoms with Crippen molar-refractivity contribution in [3.05, 3.63) is 27.7 Å². The molecule has 6 heteroatoms. The van der Waals surface area contributed by atoms with Crippen molar-refractivity contribution in [1.82, 2.24) is 4.31 Å². The summed E-state index contributed by atoms with van der Waals surface area (Å²) in [6.45, 7) is 7.28. The van der Waals surface area contributed by atoms with Crippen LogP contribution in [0, 0.1) is 19.3 Å². The highest BCUT2D eigenvalue weighted by molar-refractivity contribution is 9.10. The molecule has 1 heterocycles. The summed E-state index contributed by atoms with van der Waals surface area (Å²) < 4.78 is 28.2. The van der Waals surface area contributed by atoms with E-state index >= 15 is 0 Å². The van der Waals surface area contributed by atoms with E-state index < -0.39 is 10.0 Å². The molecule has 20 heavy (non-hydrogen) atoms. The number of nitrogens with zero attached hydrogens (tertiary/aromatic N) is 1. The van der Waals surface area contributed by atoms with Crippen molar-refractivity contribution in [2.45, 2.75) is 32.1 Å². The molecule has 1 aromatic rings. The molecule has 2 N–H and O–H groups in total. The third kappa shape index (κ3) is 2.79. The largest absolute Gasteiger partial charge is 0.330 e. The highest BCUT2D eigenvalue weighted by Gasteiger charge is 2.39.